The van der Waals surface area contributed by atoms with E-state index in [1.54, 1.807) is 0 Å². The minimum absolute atomic E-state index is 0.409. The number of nitrogens with zero attached hydrogens (tertiary/aromatic N) is 3. The Morgan fingerprint density at radius 1 is 1.29 bits per heavy atom. The van der Waals surface area contributed by atoms with Crippen LogP contribution in [0.25, 0.3) is 11.5 Å². The van der Waals surface area contributed by atoms with Crippen LogP contribution in [0.1, 0.15) is 19.2 Å². The molecule has 6 heteroatoms. The van der Waals surface area contributed by atoms with Gasteiger partial charge in [0.05, 0.1) is 12.1 Å². The van der Waals surface area contributed by atoms with Gasteiger partial charge in [0.25, 0.3) is 0 Å². The fourth-order valence-corrected chi connectivity index (χ4v) is 2.34. The summed E-state index contributed by atoms with van der Waals surface area (Å²) in [4.78, 5) is 2.18. The molecule has 0 fully saturated rings. The van der Waals surface area contributed by atoms with E-state index in [2.05, 4.69) is 57.4 Å². The lowest BCUT2D eigenvalue weighted by atomic mass is 10.2. The maximum absolute atomic E-state index is 5.70. The third kappa shape index (κ3) is 4.91. The summed E-state index contributed by atoms with van der Waals surface area (Å²) in [6.07, 6.45) is 1.08. The minimum Gasteiger partial charge on any atom is -0.419 e. The van der Waals surface area contributed by atoms with Gasteiger partial charge in [0.15, 0.2) is 0 Å². The first kappa shape index (κ1) is 16.1. The van der Waals surface area contributed by atoms with Gasteiger partial charge < -0.3 is 14.6 Å². The van der Waals surface area contributed by atoms with Gasteiger partial charge in [-0.3, -0.25) is 0 Å². The van der Waals surface area contributed by atoms with Gasteiger partial charge >= 0.3 is 0 Å². The van der Waals surface area contributed by atoms with Crippen LogP contribution in [-0.4, -0.2) is 41.8 Å². The molecule has 5 nitrogen and oxygen atoms in total. The van der Waals surface area contributed by atoms with E-state index < -0.39 is 0 Å². The average molecular weight is 353 g/mol. The molecule has 21 heavy (non-hydrogen) atoms. The number of hydrogen-bond donors (Lipinski definition) is 1. The normalized spacial score (nSPS) is 12.8. The summed E-state index contributed by atoms with van der Waals surface area (Å²) in [5.74, 6) is 1.15. The molecule has 0 radical (unpaired) electrons. The molecule has 0 aliphatic heterocycles. The van der Waals surface area contributed by atoms with Crippen molar-refractivity contribution in [3.8, 4) is 11.5 Å². The van der Waals surface area contributed by atoms with Crippen molar-refractivity contribution in [2.24, 2.45) is 0 Å². The van der Waals surface area contributed by atoms with Crippen molar-refractivity contribution in [2.45, 2.75) is 25.9 Å². The maximum Gasteiger partial charge on any atom is 0.248 e. The molecule has 0 bridgehead atoms. The second kappa shape index (κ2) is 7.68. The zero-order valence-corrected chi connectivity index (χ0v) is 14.2. The molecule has 1 atom stereocenters. The van der Waals surface area contributed by atoms with E-state index in [9.17, 15) is 0 Å². The number of halogens is 1. The molecule has 0 saturated carbocycles. The Morgan fingerprint density at radius 2 is 2.05 bits per heavy atom. The summed E-state index contributed by atoms with van der Waals surface area (Å²) >= 11 is 3.49. The van der Waals surface area contributed by atoms with E-state index in [4.69, 9.17) is 4.42 Å². The number of benzene rings is 1. The molecule has 1 unspecified atom stereocenters. The topological polar surface area (TPSA) is 54.2 Å². The summed E-state index contributed by atoms with van der Waals surface area (Å²) in [7, 11) is 4.16. The molecular weight excluding hydrogens is 332 g/mol. The van der Waals surface area contributed by atoms with E-state index >= 15 is 0 Å². The minimum atomic E-state index is 0.409. The largest absolute Gasteiger partial charge is 0.419 e. The van der Waals surface area contributed by atoms with Crippen LogP contribution in [0.15, 0.2) is 33.2 Å². The van der Waals surface area contributed by atoms with E-state index in [-0.39, 0.29) is 0 Å². The summed E-state index contributed by atoms with van der Waals surface area (Å²) in [6, 6.07) is 8.23. The zero-order chi connectivity index (χ0) is 15.2. The second-order valence-corrected chi connectivity index (χ2v) is 6.21. The number of hydrogen-bond acceptors (Lipinski definition) is 5. The van der Waals surface area contributed by atoms with E-state index in [0.717, 1.165) is 23.0 Å². The molecule has 0 saturated heterocycles. The summed E-state index contributed by atoms with van der Waals surface area (Å²) in [5, 5.41) is 11.6. The van der Waals surface area contributed by atoms with Crippen molar-refractivity contribution in [1.29, 1.82) is 0 Å². The van der Waals surface area contributed by atoms with Crippen LogP contribution in [-0.2, 0) is 6.54 Å². The van der Waals surface area contributed by atoms with Gasteiger partial charge in [-0.15, -0.1) is 10.2 Å². The van der Waals surface area contributed by atoms with Crippen LogP contribution in [0.2, 0.25) is 0 Å². The van der Waals surface area contributed by atoms with Gasteiger partial charge in [0.1, 0.15) is 0 Å². The standard InChI is InChI=1S/C15H21BrN4O/c1-11(8-9-20(2)3)17-10-14-18-19-15(21-14)12-6-4-5-7-13(12)16/h4-7,11,17H,8-10H2,1-3H3. The summed E-state index contributed by atoms with van der Waals surface area (Å²) in [6.45, 7) is 3.81. The molecule has 1 aromatic heterocycles. The van der Waals surface area contributed by atoms with Crippen molar-refractivity contribution in [1.82, 2.24) is 20.4 Å². The van der Waals surface area contributed by atoms with Crippen molar-refractivity contribution < 1.29 is 4.42 Å². The Bertz CT molecular complexity index is 570. The Balaban J connectivity index is 1.90. The highest BCUT2D eigenvalue weighted by molar-refractivity contribution is 9.10. The van der Waals surface area contributed by atoms with Crippen molar-refractivity contribution in [3.05, 3.63) is 34.6 Å². The van der Waals surface area contributed by atoms with Crippen LogP contribution >= 0.6 is 15.9 Å². The van der Waals surface area contributed by atoms with Gasteiger partial charge in [-0.25, -0.2) is 0 Å². The molecule has 114 valence electrons. The fourth-order valence-electron chi connectivity index (χ4n) is 1.88. The smallest absolute Gasteiger partial charge is 0.248 e. The van der Waals surface area contributed by atoms with Crippen LogP contribution in [0.3, 0.4) is 0 Å². The highest BCUT2D eigenvalue weighted by Crippen LogP contribution is 2.26. The quantitative estimate of drug-likeness (QED) is 0.830. The molecule has 1 N–H and O–H groups in total. The first-order valence-corrected chi connectivity index (χ1v) is 7.81. The Kier molecular flexibility index (Phi) is 5.90. The molecule has 0 spiro atoms. The highest BCUT2D eigenvalue weighted by Gasteiger charge is 2.11. The lowest BCUT2D eigenvalue weighted by Crippen LogP contribution is -2.29. The van der Waals surface area contributed by atoms with Crippen LogP contribution < -0.4 is 5.32 Å². The Labute approximate surface area is 133 Å². The first-order valence-electron chi connectivity index (χ1n) is 7.01. The van der Waals surface area contributed by atoms with E-state index in [1.165, 1.54) is 0 Å². The van der Waals surface area contributed by atoms with E-state index in [1.807, 2.05) is 24.3 Å². The molecule has 2 rings (SSSR count). The monoisotopic (exact) mass is 352 g/mol. The zero-order valence-electron chi connectivity index (χ0n) is 12.6. The second-order valence-electron chi connectivity index (χ2n) is 5.35. The van der Waals surface area contributed by atoms with Crippen LogP contribution in [0.5, 0.6) is 0 Å². The predicted octanol–water partition coefficient (Wildman–Crippen LogP) is 2.93. The predicted molar refractivity (Wildman–Crippen MR) is 86.9 cm³/mol. The average Bonchev–Trinajstić information content (AvgIpc) is 2.92. The van der Waals surface area contributed by atoms with Gasteiger partial charge in [-0.1, -0.05) is 12.1 Å². The van der Waals surface area contributed by atoms with Crippen LogP contribution in [0.4, 0.5) is 0 Å². The SMILES string of the molecule is CC(CCN(C)C)NCc1nnc(-c2ccccc2Br)o1. The number of nitrogens with one attached hydrogen (secondary N) is 1. The molecule has 1 aromatic carbocycles. The highest BCUT2D eigenvalue weighted by atomic mass is 79.9. The number of rotatable bonds is 7. The molecule has 0 aliphatic carbocycles. The first-order chi connectivity index (χ1) is 10.1. The van der Waals surface area contributed by atoms with Crippen molar-refractivity contribution >= 4 is 15.9 Å². The Hall–Kier alpha value is -1.24. The number of aromatic nitrogens is 2. The van der Waals surface area contributed by atoms with Gasteiger partial charge in [0.2, 0.25) is 11.8 Å². The third-order valence-electron chi connectivity index (χ3n) is 3.18. The molecule has 2 aromatic rings. The summed E-state index contributed by atoms with van der Waals surface area (Å²) < 4.78 is 6.65. The third-order valence-corrected chi connectivity index (χ3v) is 3.87. The lowest BCUT2D eigenvalue weighted by molar-refractivity contribution is 0.357. The Morgan fingerprint density at radius 3 is 2.76 bits per heavy atom. The van der Waals surface area contributed by atoms with Crippen molar-refractivity contribution in [3.63, 3.8) is 0 Å². The molecule has 0 aliphatic rings. The van der Waals surface area contributed by atoms with Crippen molar-refractivity contribution in [2.75, 3.05) is 20.6 Å². The van der Waals surface area contributed by atoms with Crippen LogP contribution in [0, 0.1) is 0 Å². The van der Waals surface area contributed by atoms with Gasteiger partial charge in [-0.05, 0) is 62.0 Å². The molecule has 1 heterocycles. The van der Waals surface area contributed by atoms with E-state index in [0.29, 0.717) is 24.4 Å². The molecule has 0 amide bonds. The van der Waals surface area contributed by atoms with Gasteiger partial charge in [-0.2, -0.15) is 0 Å². The fraction of sp³-hybridized carbons (Fsp3) is 0.467. The molecular formula is C15H21BrN4O. The summed E-state index contributed by atoms with van der Waals surface area (Å²) in [5.41, 5.74) is 0.914. The van der Waals surface area contributed by atoms with Gasteiger partial charge in [0, 0.05) is 10.5 Å². The maximum atomic E-state index is 5.70. The lowest BCUT2D eigenvalue weighted by Gasteiger charge is -2.15.